The molecule has 0 saturated carbocycles. The van der Waals surface area contributed by atoms with Crippen molar-refractivity contribution < 1.29 is 18.7 Å². The predicted molar refractivity (Wildman–Crippen MR) is 68.6 cm³/mol. The molecule has 0 aromatic carbocycles. The zero-order valence-corrected chi connectivity index (χ0v) is 12.2. The molecule has 19 heavy (non-hydrogen) atoms. The van der Waals surface area contributed by atoms with Crippen molar-refractivity contribution in [2.24, 2.45) is 0 Å². The van der Waals surface area contributed by atoms with E-state index >= 15 is 0 Å². The number of ketones is 1. The number of hydrogen-bond donors (Lipinski definition) is 0. The average molecular weight is 271 g/mol. The van der Waals surface area contributed by atoms with Gasteiger partial charge in [0.25, 0.3) is 0 Å². The molecular weight excluding hydrogens is 249 g/mol. The van der Waals surface area contributed by atoms with Crippen molar-refractivity contribution in [3.05, 3.63) is 0 Å². The van der Waals surface area contributed by atoms with Gasteiger partial charge in [0.1, 0.15) is 5.60 Å². The summed E-state index contributed by atoms with van der Waals surface area (Å²) in [6.45, 7) is 8.81. The van der Waals surface area contributed by atoms with Gasteiger partial charge in [0.2, 0.25) is 0 Å². The maximum absolute atomic E-state index is 14.3. The van der Waals surface area contributed by atoms with Gasteiger partial charge in [-0.1, -0.05) is 0 Å². The van der Waals surface area contributed by atoms with Crippen molar-refractivity contribution in [3.8, 4) is 0 Å². The number of carbonyl (C=O) groups excluding carboxylic acids is 2. The Labute approximate surface area is 113 Å². The first-order valence-electron chi connectivity index (χ1n) is 6.70. The minimum Gasteiger partial charge on any atom is -0.444 e. The highest BCUT2D eigenvalue weighted by Gasteiger charge is 2.63. The maximum Gasteiger partial charge on any atom is 0.411 e. The van der Waals surface area contributed by atoms with Crippen LogP contribution in [-0.2, 0) is 9.53 Å². The fourth-order valence-corrected chi connectivity index (χ4v) is 3.32. The van der Waals surface area contributed by atoms with Crippen molar-refractivity contribution in [2.75, 3.05) is 0 Å². The number of amides is 1. The summed E-state index contributed by atoms with van der Waals surface area (Å²) in [6, 6.07) is 0. The molecule has 0 spiro atoms. The van der Waals surface area contributed by atoms with E-state index in [1.54, 1.807) is 27.7 Å². The third kappa shape index (κ3) is 2.13. The first-order valence-corrected chi connectivity index (χ1v) is 6.70. The molecule has 1 amide bonds. The second-order valence-electron chi connectivity index (χ2n) is 7.18. The Hall–Kier alpha value is -1.13. The standard InChI is InChI=1S/C14H22FNO3/c1-12(2,3)19-11(18)16-13(4)6-7-14(16,5)10(15)9(17)8-13/h10H,6-8H2,1-5H3/t10-,13+,14-/m0/s1. The number of hydrogen-bond acceptors (Lipinski definition) is 3. The molecule has 2 fully saturated rings. The van der Waals surface area contributed by atoms with Crippen LogP contribution in [0.3, 0.4) is 0 Å². The SMILES string of the molecule is CC(C)(C)OC(=O)N1[C@]2(C)CC[C@@]1(C)[C@@H](F)C(=O)C2. The summed E-state index contributed by atoms with van der Waals surface area (Å²) in [5.41, 5.74) is -2.31. The molecule has 3 atom stereocenters. The second-order valence-corrected chi connectivity index (χ2v) is 7.18. The molecule has 2 rings (SSSR count). The first kappa shape index (κ1) is 14.3. The summed E-state index contributed by atoms with van der Waals surface area (Å²) < 4.78 is 19.6. The molecule has 5 heteroatoms. The summed E-state index contributed by atoms with van der Waals surface area (Å²) in [4.78, 5) is 25.6. The summed E-state index contributed by atoms with van der Waals surface area (Å²) in [5, 5.41) is 0. The first-order chi connectivity index (χ1) is 8.50. The summed E-state index contributed by atoms with van der Waals surface area (Å²) >= 11 is 0. The topological polar surface area (TPSA) is 46.6 Å². The third-order valence-corrected chi connectivity index (χ3v) is 4.18. The van der Waals surface area contributed by atoms with Crippen molar-refractivity contribution >= 4 is 11.9 Å². The molecule has 0 N–H and O–H groups in total. The minimum absolute atomic E-state index is 0.0724. The van der Waals surface area contributed by atoms with Gasteiger partial charge in [-0.05, 0) is 47.5 Å². The molecule has 2 bridgehead atoms. The highest BCUT2D eigenvalue weighted by molar-refractivity contribution is 5.89. The Morgan fingerprint density at radius 2 is 1.95 bits per heavy atom. The fourth-order valence-electron chi connectivity index (χ4n) is 3.32. The van der Waals surface area contributed by atoms with Crippen LogP contribution in [0, 0.1) is 0 Å². The van der Waals surface area contributed by atoms with Gasteiger partial charge >= 0.3 is 6.09 Å². The minimum atomic E-state index is -1.62. The predicted octanol–water partition coefficient (Wildman–Crippen LogP) is 2.85. The molecule has 0 aromatic rings. The van der Waals surface area contributed by atoms with Crippen LogP contribution in [0.2, 0.25) is 0 Å². The molecule has 0 unspecified atom stereocenters. The summed E-state index contributed by atoms with van der Waals surface area (Å²) in [6.07, 6.45) is -0.936. The summed E-state index contributed by atoms with van der Waals surface area (Å²) in [5.74, 6) is -0.401. The summed E-state index contributed by atoms with van der Waals surface area (Å²) in [7, 11) is 0. The zero-order valence-electron chi connectivity index (χ0n) is 12.2. The molecule has 2 heterocycles. The van der Waals surface area contributed by atoms with Gasteiger partial charge in [0, 0.05) is 6.42 Å². The molecule has 2 aliphatic rings. The van der Waals surface area contributed by atoms with Gasteiger partial charge in [0.15, 0.2) is 12.0 Å². The molecule has 0 radical (unpaired) electrons. The lowest BCUT2D eigenvalue weighted by Crippen LogP contribution is -2.65. The number of piperidine rings is 1. The van der Waals surface area contributed by atoms with Crippen LogP contribution < -0.4 is 0 Å². The van der Waals surface area contributed by atoms with Crippen LogP contribution in [0.15, 0.2) is 0 Å². The van der Waals surface area contributed by atoms with Crippen molar-refractivity contribution in [1.82, 2.24) is 4.90 Å². The van der Waals surface area contributed by atoms with E-state index in [0.29, 0.717) is 12.8 Å². The van der Waals surface area contributed by atoms with E-state index in [1.807, 2.05) is 6.92 Å². The van der Waals surface area contributed by atoms with E-state index in [-0.39, 0.29) is 6.42 Å². The number of fused-ring (bicyclic) bond motifs is 2. The van der Waals surface area contributed by atoms with Crippen molar-refractivity contribution in [1.29, 1.82) is 0 Å². The number of alkyl halides is 1. The molecule has 108 valence electrons. The van der Waals surface area contributed by atoms with Crippen LogP contribution in [0.25, 0.3) is 0 Å². The van der Waals surface area contributed by atoms with Gasteiger partial charge in [0.05, 0.1) is 11.1 Å². The lowest BCUT2D eigenvalue weighted by Gasteiger charge is -2.48. The Kier molecular flexibility index (Phi) is 2.96. The Morgan fingerprint density at radius 3 is 2.47 bits per heavy atom. The van der Waals surface area contributed by atoms with Gasteiger partial charge in [-0.25, -0.2) is 9.18 Å². The molecule has 4 nitrogen and oxygen atoms in total. The lowest BCUT2D eigenvalue weighted by atomic mass is 9.83. The van der Waals surface area contributed by atoms with Crippen LogP contribution in [-0.4, -0.2) is 39.6 Å². The molecule has 0 aliphatic carbocycles. The van der Waals surface area contributed by atoms with E-state index in [2.05, 4.69) is 0 Å². The third-order valence-electron chi connectivity index (χ3n) is 4.18. The van der Waals surface area contributed by atoms with E-state index in [9.17, 15) is 14.0 Å². The number of nitrogens with zero attached hydrogens (tertiary/aromatic N) is 1. The quantitative estimate of drug-likeness (QED) is 0.680. The van der Waals surface area contributed by atoms with E-state index in [1.165, 1.54) is 4.90 Å². The Balaban J connectivity index is 2.34. The van der Waals surface area contributed by atoms with E-state index < -0.39 is 34.7 Å². The number of carbonyl (C=O) groups is 2. The monoisotopic (exact) mass is 271 g/mol. The fraction of sp³-hybridized carbons (Fsp3) is 0.857. The average Bonchev–Trinajstić information content (AvgIpc) is 2.43. The van der Waals surface area contributed by atoms with Gasteiger partial charge in [-0.2, -0.15) is 0 Å². The number of rotatable bonds is 0. The number of halogens is 1. The zero-order chi connectivity index (χ0) is 14.6. The van der Waals surface area contributed by atoms with E-state index in [4.69, 9.17) is 4.74 Å². The Morgan fingerprint density at radius 1 is 1.37 bits per heavy atom. The van der Waals surface area contributed by atoms with E-state index in [0.717, 1.165) is 0 Å². The van der Waals surface area contributed by atoms with Crippen molar-refractivity contribution in [3.63, 3.8) is 0 Å². The van der Waals surface area contributed by atoms with Crippen LogP contribution in [0.4, 0.5) is 9.18 Å². The van der Waals surface area contributed by atoms with Gasteiger partial charge < -0.3 is 4.74 Å². The highest BCUT2D eigenvalue weighted by atomic mass is 19.1. The van der Waals surface area contributed by atoms with Crippen LogP contribution in [0.1, 0.15) is 53.9 Å². The van der Waals surface area contributed by atoms with Gasteiger partial charge in [-0.15, -0.1) is 0 Å². The number of Topliss-reactive ketones (excluding diaryl/α,β-unsaturated/α-hetero) is 1. The lowest BCUT2D eigenvalue weighted by molar-refractivity contribution is -0.139. The highest BCUT2D eigenvalue weighted by Crippen LogP contribution is 2.50. The number of ether oxygens (including phenoxy) is 1. The molecular formula is C14H22FNO3. The smallest absolute Gasteiger partial charge is 0.411 e. The molecule has 0 aromatic heterocycles. The normalized spacial score (nSPS) is 38.5. The maximum atomic E-state index is 14.3. The van der Waals surface area contributed by atoms with Gasteiger partial charge in [-0.3, -0.25) is 9.69 Å². The molecule has 2 saturated heterocycles. The van der Waals surface area contributed by atoms with Crippen LogP contribution in [0.5, 0.6) is 0 Å². The largest absolute Gasteiger partial charge is 0.444 e. The van der Waals surface area contributed by atoms with Crippen LogP contribution >= 0.6 is 0 Å². The molecule has 2 aliphatic heterocycles. The van der Waals surface area contributed by atoms with Crippen molar-refractivity contribution in [2.45, 2.75) is 76.7 Å². The Bertz CT molecular complexity index is 431. The second kappa shape index (κ2) is 3.93.